The van der Waals surface area contributed by atoms with Crippen molar-refractivity contribution in [3.8, 4) is 0 Å². The summed E-state index contributed by atoms with van der Waals surface area (Å²) in [4.78, 5) is 19.6. The molecule has 1 saturated carbocycles. The number of anilines is 1. The second kappa shape index (κ2) is 10.2. The van der Waals surface area contributed by atoms with E-state index in [1.165, 1.54) is 44.2 Å². The van der Waals surface area contributed by atoms with Gasteiger partial charge in [0.25, 0.3) is 0 Å². The number of aliphatic imine (C=N–C) groups is 1. The van der Waals surface area contributed by atoms with Crippen molar-refractivity contribution in [1.29, 1.82) is 0 Å². The Hall–Kier alpha value is -1.27. The summed E-state index contributed by atoms with van der Waals surface area (Å²) in [6, 6.07) is 6.52. The molecular weight excluding hydrogens is 373 g/mol. The third-order valence-corrected chi connectivity index (χ3v) is 6.00. The van der Waals surface area contributed by atoms with Gasteiger partial charge < -0.3 is 10.2 Å². The molecule has 3 rings (SSSR count). The van der Waals surface area contributed by atoms with Crippen LogP contribution >= 0.6 is 24.2 Å². The quantitative estimate of drug-likeness (QED) is 0.780. The number of carbonyl (C=O) groups is 1. The fourth-order valence-electron chi connectivity index (χ4n) is 3.50. The minimum absolute atomic E-state index is 0. The van der Waals surface area contributed by atoms with Crippen molar-refractivity contribution in [3.63, 3.8) is 0 Å². The van der Waals surface area contributed by atoms with Crippen molar-refractivity contribution in [2.24, 2.45) is 4.99 Å². The normalized spacial score (nSPS) is 22.3. The molecule has 7 heteroatoms. The van der Waals surface area contributed by atoms with Crippen LogP contribution in [0, 0.1) is 5.82 Å². The van der Waals surface area contributed by atoms with E-state index in [1.54, 1.807) is 23.9 Å². The molecule has 1 heterocycles. The van der Waals surface area contributed by atoms with E-state index in [-0.39, 0.29) is 30.2 Å². The van der Waals surface area contributed by atoms with E-state index in [0.717, 1.165) is 17.5 Å². The maximum Gasteiger partial charge on any atom is 0.226 e. The summed E-state index contributed by atoms with van der Waals surface area (Å²) >= 11 is 1.77. The topological polar surface area (TPSA) is 44.7 Å². The number of nitrogens with zero attached hydrogens (tertiary/aromatic N) is 2. The molecule has 0 bridgehead atoms. The van der Waals surface area contributed by atoms with E-state index in [4.69, 9.17) is 4.99 Å². The summed E-state index contributed by atoms with van der Waals surface area (Å²) in [6.45, 7) is 2.99. The van der Waals surface area contributed by atoms with E-state index in [2.05, 4.69) is 17.1 Å². The maximum atomic E-state index is 12.9. The van der Waals surface area contributed by atoms with Gasteiger partial charge in [-0.25, -0.2) is 4.39 Å². The van der Waals surface area contributed by atoms with Crippen LogP contribution < -0.4 is 5.32 Å². The fraction of sp³-hybridized carbons (Fsp3) is 0.579. The summed E-state index contributed by atoms with van der Waals surface area (Å²) in [6.07, 6.45) is 6.71. The number of halogens is 2. The summed E-state index contributed by atoms with van der Waals surface area (Å²) < 4.78 is 12.9. The molecule has 2 fully saturated rings. The summed E-state index contributed by atoms with van der Waals surface area (Å²) in [5, 5.41) is 3.96. The lowest BCUT2D eigenvalue weighted by atomic mass is 9.96. The molecule has 1 unspecified atom stereocenters. The molecule has 1 aliphatic heterocycles. The summed E-state index contributed by atoms with van der Waals surface area (Å²) in [5.41, 5.74) is 0.635. The van der Waals surface area contributed by atoms with Crippen LogP contribution in [-0.4, -0.2) is 40.4 Å². The van der Waals surface area contributed by atoms with Crippen LogP contribution in [0.25, 0.3) is 0 Å². The van der Waals surface area contributed by atoms with Crippen LogP contribution in [0.5, 0.6) is 0 Å². The van der Waals surface area contributed by atoms with Crippen molar-refractivity contribution in [3.05, 3.63) is 30.1 Å². The molecule has 1 atom stereocenters. The van der Waals surface area contributed by atoms with Crippen molar-refractivity contribution in [2.75, 3.05) is 17.6 Å². The second-order valence-electron chi connectivity index (χ2n) is 6.71. The Kier molecular flexibility index (Phi) is 8.22. The molecule has 0 radical (unpaired) electrons. The number of thioether (sulfide) groups is 1. The van der Waals surface area contributed by atoms with Gasteiger partial charge in [0.05, 0.1) is 6.04 Å². The van der Waals surface area contributed by atoms with Gasteiger partial charge in [-0.05, 0) is 44.0 Å². The third-order valence-electron chi connectivity index (χ3n) is 4.85. The predicted octanol–water partition coefficient (Wildman–Crippen LogP) is 4.70. The average Bonchev–Trinajstić information content (AvgIpc) is 2.99. The van der Waals surface area contributed by atoms with Gasteiger partial charge in [-0.2, -0.15) is 0 Å². The molecular formula is C19H27ClFN3OS. The Morgan fingerprint density at radius 2 is 1.96 bits per heavy atom. The van der Waals surface area contributed by atoms with Gasteiger partial charge >= 0.3 is 0 Å². The van der Waals surface area contributed by atoms with Crippen molar-refractivity contribution < 1.29 is 9.18 Å². The maximum absolute atomic E-state index is 12.9. The van der Waals surface area contributed by atoms with Crippen LogP contribution in [-0.2, 0) is 4.79 Å². The molecule has 1 aromatic rings. The Morgan fingerprint density at radius 1 is 1.27 bits per heavy atom. The zero-order valence-corrected chi connectivity index (χ0v) is 16.8. The van der Waals surface area contributed by atoms with E-state index < -0.39 is 0 Å². The molecule has 2 aliphatic rings. The largest absolute Gasteiger partial charge is 0.347 e. The zero-order chi connectivity index (χ0) is 17.6. The van der Waals surface area contributed by atoms with Gasteiger partial charge in [0.1, 0.15) is 5.82 Å². The third kappa shape index (κ3) is 5.61. The van der Waals surface area contributed by atoms with Crippen LogP contribution in [0.15, 0.2) is 29.3 Å². The SMILES string of the molecule is CCN1/C(=N/C2CCCCC2)SCC1CC(=O)Nc1ccc(F)cc1.Cl. The number of benzene rings is 1. The van der Waals surface area contributed by atoms with Crippen molar-refractivity contribution in [1.82, 2.24) is 4.90 Å². The number of amidine groups is 1. The molecule has 144 valence electrons. The lowest BCUT2D eigenvalue weighted by molar-refractivity contribution is -0.116. The number of hydrogen-bond acceptors (Lipinski definition) is 3. The van der Waals surface area contributed by atoms with Gasteiger partial charge in [-0.15, -0.1) is 12.4 Å². The zero-order valence-electron chi connectivity index (χ0n) is 15.1. The monoisotopic (exact) mass is 399 g/mol. The first kappa shape index (κ1) is 21.0. The van der Waals surface area contributed by atoms with Crippen molar-refractivity contribution >= 4 is 40.9 Å². The van der Waals surface area contributed by atoms with Crippen LogP contribution in [0.1, 0.15) is 45.4 Å². The molecule has 1 aromatic carbocycles. The first-order chi connectivity index (χ1) is 12.2. The van der Waals surface area contributed by atoms with E-state index >= 15 is 0 Å². The molecule has 1 aliphatic carbocycles. The van der Waals surface area contributed by atoms with Crippen molar-refractivity contribution in [2.45, 2.75) is 57.5 Å². The minimum Gasteiger partial charge on any atom is -0.347 e. The Labute approximate surface area is 165 Å². The highest BCUT2D eigenvalue weighted by molar-refractivity contribution is 8.14. The van der Waals surface area contributed by atoms with Gasteiger partial charge in [-0.3, -0.25) is 9.79 Å². The number of rotatable bonds is 5. The molecule has 1 amide bonds. The molecule has 1 N–H and O–H groups in total. The van der Waals surface area contributed by atoms with Crippen LogP contribution in [0.3, 0.4) is 0 Å². The molecule has 0 aromatic heterocycles. The lowest BCUT2D eigenvalue weighted by Crippen LogP contribution is -2.37. The summed E-state index contributed by atoms with van der Waals surface area (Å²) in [7, 11) is 0. The van der Waals surface area contributed by atoms with E-state index in [0.29, 0.717) is 18.2 Å². The average molecular weight is 400 g/mol. The highest BCUT2D eigenvalue weighted by Gasteiger charge is 2.31. The van der Waals surface area contributed by atoms with Crippen LogP contribution in [0.2, 0.25) is 0 Å². The van der Waals surface area contributed by atoms with Gasteiger partial charge in [0.2, 0.25) is 5.91 Å². The number of hydrogen-bond donors (Lipinski definition) is 1. The van der Waals surface area contributed by atoms with Gasteiger partial charge in [0, 0.05) is 30.4 Å². The smallest absolute Gasteiger partial charge is 0.226 e. The molecule has 1 saturated heterocycles. The molecule has 26 heavy (non-hydrogen) atoms. The second-order valence-corrected chi connectivity index (χ2v) is 7.70. The molecule has 4 nitrogen and oxygen atoms in total. The van der Waals surface area contributed by atoms with E-state index in [9.17, 15) is 9.18 Å². The van der Waals surface area contributed by atoms with Gasteiger partial charge in [-0.1, -0.05) is 31.0 Å². The fourth-order valence-corrected chi connectivity index (χ4v) is 4.81. The Balaban J connectivity index is 0.00000243. The lowest BCUT2D eigenvalue weighted by Gasteiger charge is -2.26. The first-order valence-electron chi connectivity index (χ1n) is 9.18. The molecule has 0 spiro atoms. The van der Waals surface area contributed by atoms with Gasteiger partial charge in [0.15, 0.2) is 5.17 Å². The summed E-state index contributed by atoms with van der Waals surface area (Å²) in [5.74, 6) is 0.566. The number of carbonyl (C=O) groups excluding carboxylic acids is 1. The standard InChI is InChI=1S/C19H26FN3OS.ClH/c1-2-23-17(12-18(24)21-16-10-8-14(20)9-11-16)13-25-19(23)22-15-6-4-3-5-7-15;/h8-11,15,17H,2-7,12-13H2,1H3,(H,21,24);1H/b22-19-;. The van der Waals surface area contributed by atoms with E-state index in [1.807, 2.05) is 0 Å². The van der Waals surface area contributed by atoms with Crippen LogP contribution in [0.4, 0.5) is 10.1 Å². The first-order valence-corrected chi connectivity index (χ1v) is 10.2. The number of amides is 1. The highest BCUT2D eigenvalue weighted by atomic mass is 35.5. The Morgan fingerprint density at radius 3 is 2.62 bits per heavy atom. The predicted molar refractivity (Wildman–Crippen MR) is 110 cm³/mol. The number of nitrogens with one attached hydrogen (secondary N) is 1. The Bertz CT molecular complexity index is 620. The highest BCUT2D eigenvalue weighted by Crippen LogP contribution is 2.29. The minimum atomic E-state index is -0.300.